The molecule has 1 heterocycles. The summed E-state index contributed by atoms with van der Waals surface area (Å²) in [6.45, 7) is 3.22. The van der Waals surface area contributed by atoms with Crippen LogP contribution in [-0.4, -0.2) is 22.9 Å². The summed E-state index contributed by atoms with van der Waals surface area (Å²) in [6.07, 6.45) is 6.67. The predicted octanol–water partition coefficient (Wildman–Crippen LogP) is 0.883. The third-order valence-corrected chi connectivity index (χ3v) is 2.21. The Bertz CT molecular complexity index is 214. The molecular weight excluding hydrogens is 150 g/mol. The number of nitrogens with zero attached hydrogens (tertiary/aromatic N) is 2. The van der Waals surface area contributed by atoms with Crippen molar-refractivity contribution in [2.24, 2.45) is 5.92 Å². The summed E-state index contributed by atoms with van der Waals surface area (Å²) in [5.41, 5.74) is 0. The molecule has 1 aromatic rings. The molecule has 1 fully saturated rings. The molecule has 66 valence electrons. The Hall–Kier alpha value is -0.830. The van der Waals surface area contributed by atoms with Crippen molar-refractivity contribution in [1.82, 2.24) is 15.1 Å². The van der Waals surface area contributed by atoms with Gasteiger partial charge in [0.05, 0.1) is 6.54 Å². The van der Waals surface area contributed by atoms with Crippen LogP contribution in [0.1, 0.15) is 12.8 Å². The molecule has 3 heteroatoms. The highest BCUT2D eigenvalue weighted by Crippen LogP contribution is 2.27. The largest absolute Gasteiger partial charge is 0.315 e. The average molecular weight is 165 g/mol. The molecule has 1 saturated carbocycles. The average Bonchev–Trinajstić information content (AvgIpc) is 2.76. The molecule has 0 amide bonds. The minimum absolute atomic E-state index is 0.975. The standard InChI is InChI=1S/C9H15N3/c1-4-11-12(6-1)7-5-10-8-9-2-3-9/h1,4,6,9-10H,2-3,5,7-8H2. The van der Waals surface area contributed by atoms with Crippen LogP contribution in [0.3, 0.4) is 0 Å². The molecule has 1 aromatic heterocycles. The van der Waals surface area contributed by atoms with Gasteiger partial charge in [0.25, 0.3) is 0 Å². The van der Waals surface area contributed by atoms with E-state index in [-0.39, 0.29) is 0 Å². The van der Waals surface area contributed by atoms with E-state index in [4.69, 9.17) is 0 Å². The molecule has 0 unspecified atom stereocenters. The van der Waals surface area contributed by atoms with Gasteiger partial charge in [-0.2, -0.15) is 5.10 Å². The van der Waals surface area contributed by atoms with E-state index in [1.54, 1.807) is 0 Å². The lowest BCUT2D eigenvalue weighted by atomic mass is 10.4. The van der Waals surface area contributed by atoms with Crippen molar-refractivity contribution in [3.8, 4) is 0 Å². The molecule has 12 heavy (non-hydrogen) atoms. The molecular formula is C9H15N3. The third-order valence-electron chi connectivity index (χ3n) is 2.21. The fraction of sp³-hybridized carbons (Fsp3) is 0.667. The zero-order valence-corrected chi connectivity index (χ0v) is 7.24. The number of aromatic nitrogens is 2. The lowest BCUT2D eigenvalue weighted by Crippen LogP contribution is -2.22. The van der Waals surface area contributed by atoms with E-state index in [0.29, 0.717) is 0 Å². The first kappa shape index (κ1) is 7.80. The lowest BCUT2D eigenvalue weighted by Gasteiger charge is -2.02. The Balaban J connectivity index is 1.56. The molecule has 2 rings (SSSR count). The van der Waals surface area contributed by atoms with Gasteiger partial charge in [-0.3, -0.25) is 4.68 Å². The van der Waals surface area contributed by atoms with Gasteiger partial charge in [-0.25, -0.2) is 0 Å². The van der Waals surface area contributed by atoms with Crippen molar-refractivity contribution in [2.75, 3.05) is 13.1 Å². The van der Waals surface area contributed by atoms with E-state index in [2.05, 4.69) is 10.4 Å². The van der Waals surface area contributed by atoms with Crippen molar-refractivity contribution in [3.05, 3.63) is 18.5 Å². The van der Waals surface area contributed by atoms with E-state index in [0.717, 1.165) is 19.0 Å². The van der Waals surface area contributed by atoms with Gasteiger partial charge in [0, 0.05) is 18.9 Å². The van der Waals surface area contributed by atoms with E-state index in [9.17, 15) is 0 Å². The van der Waals surface area contributed by atoms with Crippen LogP contribution < -0.4 is 5.32 Å². The molecule has 0 aliphatic heterocycles. The highest BCUT2D eigenvalue weighted by atomic mass is 15.3. The zero-order valence-electron chi connectivity index (χ0n) is 7.24. The fourth-order valence-corrected chi connectivity index (χ4v) is 1.25. The molecule has 1 N–H and O–H groups in total. The van der Waals surface area contributed by atoms with Gasteiger partial charge in [0.1, 0.15) is 0 Å². The maximum atomic E-state index is 4.13. The van der Waals surface area contributed by atoms with Crippen molar-refractivity contribution in [1.29, 1.82) is 0 Å². The maximum Gasteiger partial charge on any atom is 0.0533 e. The SMILES string of the molecule is c1cnn(CCNCC2CC2)c1. The molecule has 0 aromatic carbocycles. The molecule has 3 nitrogen and oxygen atoms in total. The van der Waals surface area contributed by atoms with Crippen LogP contribution in [0.25, 0.3) is 0 Å². The Kier molecular flexibility index (Phi) is 2.42. The summed E-state index contributed by atoms with van der Waals surface area (Å²) < 4.78 is 1.96. The van der Waals surface area contributed by atoms with Crippen LogP contribution in [0.4, 0.5) is 0 Å². The number of rotatable bonds is 5. The second-order valence-corrected chi connectivity index (χ2v) is 3.42. The second-order valence-electron chi connectivity index (χ2n) is 3.42. The van der Waals surface area contributed by atoms with E-state index in [1.807, 2.05) is 23.1 Å². The summed E-state index contributed by atoms with van der Waals surface area (Å²) in [5.74, 6) is 0.975. The van der Waals surface area contributed by atoms with Crippen molar-refractivity contribution in [3.63, 3.8) is 0 Å². The number of nitrogens with one attached hydrogen (secondary N) is 1. The Morgan fingerprint density at radius 3 is 3.08 bits per heavy atom. The zero-order chi connectivity index (χ0) is 8.23. The molecule has 1 aliphatic rings. The normalized spacial score (nSPS) is 16.7. The van der Waals surface area contributed by atoms with Gasteiger partial charge in [-0.1, -0.05) is 0 Å². The van der Waals surface area contributed by atoms with Crippen LogP contribution in [0.2, 0.25) is 0 Å². The highest BCUT2D eigenvalue weighted by molar-refractivity contribution is 4.78. The van der Waals surface area contributed by atoms with Crippen LogP contribution in [0.15, 0.2) is 18.5 Å². The van der Waals surface area contributed by atoms with Crippen LogP contribution in [-0.2, 0) is 6.54 Å². The van der Waals surface area contributed by atoms with Crippen molar-refractivity contribution < 1.29 is 0 Å². The monoisotopic (exact) mass is 165 g/mol. The van der Waals surface area contributed by atoms with Gasteiger partial charge < -0.3 is 5.32 Å². The summed E-state index contributed by atoms with van der Waals surface area (Å²) in [5, 5.41) is 7.55. The lowest BCUT2D eigenvalue weighted by molar-refractivity contribution is 0.542. The first-order valence-electron chi connectivity index (χ1n) is 4.63. The van der Waals surface area contributed by atoms with Crippen molar-refractivity contribution >= 4 is 0 Å². The number of hydrogen-bond acceptors (Lipinski definition) is 2. The van der Waals surface area contributed by atoms with Crippen molar-refractivity contribution in [2.45, 2.75) is 19.4 Å². The van der Waals surface area contributed by atoms with Crippen LogP contribution in [0.5, 0.6) is 0 Å². The maximum absolute atomic E-state index is 4.13. The fourth-order valence-electron chi connectivity index (χ4n) is 1.25. The van der Waals surface area contributed by atoms with E-state index < -0.39 is 0 Å². The predicted molar refractivity (Wildman–Crippen MR) is 47.8 cm³/mol. The molecule has 0 spiro atoms. The van der Waals surface area contributed by atoms with Gasteiger partial charge in [0.15, 0.2) is 0 Å². The van der Waals surface area contributed by atoms with Crippen LogP contribution in [0, 0.1) is 5.92 Å². The van der Waals surface area contributed by atoms with Gasteiger partial charge in [0.2, 0.25) is 0 Å². The summed E-state index contributed by atoms with van der Waals surface area (Å²) in [7, 11) is 0. The van der Waals surface area contributed by atoms with Crippen LogP contribution >= 0.6 is 0 Å². The first-order chi connectivity index (χ1) is 5.95. The van der Waals surface area contributed by atoms with E-state index in [1.165, 1.54) is 19.4 Å². The minimum Gasteiger partial charge on any atom is -0.315 e. The highest BCUT2D eigenvalue weighted by Gasteiger charge is 2.19. The number of hydrogen-bond donors (Lipinski definition) is 1. The summed E-state index contributed by atoms with van der Waals surface area (Å²) in [4.78, 5) is 0. The molecule has 0 radical (unpaired) electrons. The molecule has 0 bridgehead atoms. The quantitative estimate of drug-likeness (QED) is 0.656. The Morgan fingerprint density at radius 2 is 2.42 bits per heavy atom. The smallest absolute Gasteiger partial charge is 0.0533 e. The summed E-state index contributed by atoms with van der Waals surface area (Å²) >= 11 is 0. The topological polar surface area (TPSA) is 29.9 Å². The third kappa shape index (κ3) is 2.34. The Morgan fingerprint density at radius 1 is 1.50 bits per heavy atom. The molecule has 1 aliphatic carbocycles. The van der Waals surface area contributed by atoms with Gasteiger partial charge in [-0.05, 0) is 31.4 Å². The minimum atomic E-state index is 0.975. The first-order valence-corrected chi connectivity index (χ1v) is 4.63. The second kappa shape index (κ2) is 3.72. The van der Waals surface area contributed by atoms with Gasteiger partial charge in [-0.15, -0.1) is 0 Å². The molecule has 0 saturated heterocycles. The van der Waals surface area contributed by atoms with E-state index >= 15 is 0 Å². The summed E-state index contributed by atoms with van der Waals surface area (Å²) in [6, 6.07) is 1.96. The Labute approximate surface area is 72.8 Å². The van der Waals surface area contributed by atoms with Gasteiger partial charge >= 0.3 is 0 Å². The molecule has 0 atom stereocenters.